The normalized spacial score (nSPS) is 13.8. The summed E-state index contributed by atoms with van der Waals surface area (Å²) in [5, 5.41) is 2.91. The smallest absolute Gasteiger partial charge is 0.227 e. The molecule has 20 heavy (non-hydrogen) atoms. The molecule has 2 aromatic carbocycles. The number of amides is 1. The number of hydrogen-bond acceptors (Lipinski definition) is 2. The fraction of sp³-hybridized carbons (Fsp3) is 0.235. The first-order valence-corrected chi connectivity index (χ1v) is 6.86. The predicted octanol–water partition coefficient (Wildman–Crippen LogP) is 4.14. The Morgan fingerprint density at radius 1 is 1.00 bits per heavy atom. The monoisotopic (exact) mass is 267 g/mol. The molecule has 2 aromatic rings. The second-order valence-corrected chi connectivity index (χ2v) is 5.20. The summed E-state index contributed by atoms with van der Waals surface area (Å²) < 4.78 is 5.74. The molecule has 1 N–H and O–H groups in total. The van der Waals surface area contributed by atoms with Crippen LogP contribution in [0.25, 0.3) is 0 Å². The number of hydrogen-bond donors (Lipinski definition) is 1. The van der Waals surface area contributed by atoms with E-state index in [-0.39, 0.29) is 11.8 Å². The fourth-order valence-electron chi connectivity index (χ4n) is 1.94. The number of rotatable bonds is 4. The van der Waals surface area contributed by atoms with Crippen LogP contribution in [0, 0.1) is 12.8 Å². The van der Waals surface area contributed by atoms with E-state index in [0.29, 0.717) is 0 Å². The minimum atomic E-state index is 0.122. The molecule has 0 saturated heterocycles. The summed E-state index contributed by atoms with van der Waals surface area (Å²) in [6.45, 7) is 2.04. The number of aryl methyl sites for hydroxylation is 1. The standard InChI is InChI=1S/C17H17NO2/c1-12-2-8-15(9-3-12)20-16-10-6-14(7-11-16)18-17(19)13-4-5-13/h2-3,6-11,13H,4-5H2,1H3,(H,18,19). The molecular weight excluding hydrogens is 250 g/mol. The van der Waals surface area contributed by atoms with Crippen LogP contribution in [-0.4, -0.2) is 5.91 Å². The van der Waals surface area contributed by atoms with Crippen molar-refractivity contribution in [2.75, 3.05) is 5.32 Å². The van der Waals surface area contributed by atoms with Crippen LogP contribution in [0.4, 0.5) is 5.69 Å². The number of nitrogens with one attached hydrogen (secondary N) is 1. The van der Waals surface area contributed by atoms with Gasteiger partial charge in [-0.15, -0.1) is 0 Å². The van der Waals surface area contributed by atoms with E-state index in [1.807, 2.05) is 55.5 Å². The van der Waals surface area contributed by atoms with Gasteiger partial charge in [0.05, 0.1) is 0 Å². The van der Waals surface area contributed by atoms with Crippen molar-refractivity contribution in [3.8, 4) is 11.5 Å². The van der Waals surface area contributed by atoms with Crippen molar-refractivity contribution in [1.29, 1.82) is 0 Å². The second-order valence-electron chi connectivity index (χ2n) is 5.20. The molecule has 1 amide bonds. The highest BCUT2D eigenvalue weighted by Crippen LogP contribution is 2.30. The Morgan fingerprint density at radius 2 is 1.55 bits per heavy atom. The summed E-state index contributed by atoms with van der Waals surface area (Å²) in [6.07, 6.45) is 2.03. The van der Waals surface area contributed by atoms with Crippen LogP contribution in [0.2, 0.25) is 0 Å². The molecule has 0 radical (unpaired) electrons. The van der Waals surface area contributed by atoms with Gasteiger partial charge in [-0.05, 0) is 56.2 Å². The molecule has 0 unspecified atom stereocenters. The van der Waals surface area contributed by atoms with Gasteiger partial charge in [-0.2, -0.15) is 0 Å². The molecule has 102 valence electrons. The first kappa shape index (κ1) is 12.7. The van der Waals surface area contributed by atoms with Gasteiger partial charge in [0.2, 0.25) is 5.91 Å². The van der Waals surface area contributed by atoms with E-state index < -0.39 is 0 Å². The van der Waals surface area contributed by atoms with Gasteiger partial charge in [-0.3, -0.25) is 4.79 Å². The zero-order valence-electron chi connectivity index (χ0n) is 11.4. The van der Waals surface area contributed by atoms with Crippen molar-refractivity contribution in [3.05, 3.63) is 54.1 Å². The first-order valence-electron chi connectivity index (χ1n) is 6.86. The van der Waals surface area contributed by atoms with Gasteiger partial charge in [-0.1, -0.05) is 17.7 Å². The molecule has 0 aromatic heterocycles. The van der Waals surface area contributed by atoms with E-state index in [9.17, 15) is 4.79 Å². The summed E-state index contributed by atoms with van der Waals surface area (Å²) in [5.74, 6) is 1.92. The van der Waals surface area contributed by atoms with Crippen LogP contribution in [0.3, 0.4) is 0 Å². The Bertz CT molecular complexity index is 598. The molecular formula is C17H17NO2. The molecule has 0 heterocycles. The van der Waals surface area contributed by atoms with E-state index >= 15 is 0 Å². The molecule has 1 saturated carbocycles. The number of anilines is 1. The highest BCUT2D eigenvalue weighted by Gasteiger charge is 2.29. The molecule has 0 aliphatic heterocycles. The zero-order valence-corrected chi connectivity index (χ0v) is 11.4. The summed E-state index contributed by atoms with van der Waals surface area (Å²) in [5.41, 5.74) is 2.02. The van der Waals surface area contributed by atoms with Gasteiger partial charge < -0.3 is 10.1 Å². The average Bonchev–Trinajstić information content (AvgIpc) is 3.28. The third kappa shape index (κ3) is 3.18. The Hall–Kier alpha value is -2.29. The van der Waals surface area contributed by atoms with Gasteiger partial charge >= 0.3 is 0 Å². The second kappa shape index (κ2) is 5.37. The number of carbonyl (C=O) groups is 1. The van der Waals surface area contributed by atoms with E-state index in [4.69, 9.17) is 4.74 Å². The van der Waals surface area contributed by atoms with E-state index in [1.165, 1.54) is 5.56 Å². The Morgan fingerprint density at radius 3 is 2.10 bits per heavy atom. The van der Waals surface area contributed by atoms with Crippen LogP contribution in [-0.2, 0) is 4.79 Å². The van der Waals surface area contributed by atoms with Crippen molar-refractivity contribution in [2.24, 2.45) is 5.92 Å². The SMILES string of the molecule is Cc1ccc(Oc2ccc(NC(=O)C3CC3)cc2)cc1. The van der Waals surface area contributed by atoms with E-state index in [1.54, 1.807) is 0 Å². The predicted molar refractivity (Wildman–Crippen MR) is 79.0 cm³/mol. The minimum Gasteiger partial charge on any atom is -0.457 e. The lowest BCUT2D eigenvalue weighted by Gasteiger charge is -2.08. The zero-order chi connectivity index (χ0) is 13.9. The van der Waals surface area contributed by atoms with E-state index in [0.717, 1.165) is 30.0 Å². The van der Waals surface area contributed by atoms with Crippen molar-refractivity contribution < 1.29 is 9.53 Å². The lowest BCUT2D eigenvalue weighted by molar-refractivity contribution is -0.117. The largest absolute Gasteiger partial charge is 0.457 e. The van der Waals surface area contributed by atoms with Crippen LogP contribution in [0.5, 0.6) is 11.5 Å². The maximum absolute atomic E-state index is 11.6. The minimum absolute atomic E-state index is 0.122. The van der Waals surface area contributed by atoms with Gasteiger partial charge in [-0.25, -0.2) is 0 Å². The Balaban J connectivity index is 1.63. The van der Waals surface area contributed by atoms with Crippen LogP contribution in [0.1, 0.15) is 18.4 Å². The highest BCUT2D eigenvalue weighted by atomic mass is 16.5. The third-order valence-electron chi connectivity index (χ3n) is 3.33. The topological polar surface area (TPSA) is 38.3 Å². The number of ether oxygens (including phenoxy) is 1. The summed E-state index contributed by atoms with van der Waals surface area (Å²) in [6, 6.07) is 15.4. The third-order valence-corrected chi connectivity index (χ3v) is 3.33. The fourth-order valence-corrected chi connectivity index (χ4v) is 1.94. The van der Waals surface area contributed by atoms with Gasteiger partial charge in [0.15, 0.2) is 0 Å². The van der Waals surface area contributed by atoms with Crippen molar-refractivity contribution in [3.63, 3.8) is 0 Å². The molecule has 3 rings (SSSR count). The number of carbonyl (C=O) groups excluding carboxylic acids is 1. The quantitative estimate of drug-likeness (QED) is 0.904. The van der Waals surface area contributed by atoms with Crippen molar-refractivity contribution in [1.82, 2.24) is 0 Å². The van der Waals surface area contributed by atoms with E-state index in [2.05, 4.69) is 5.32 Å². The van der Waals surface area contributed by atoms with Crippen molar-refractivity contribution >= 4 is 11.6 Å². The molecule has 1 aliphatic rings. The Kier molecular flexibility index (Phi) is 3.42. The van der Waals surface area contributed by atoms with Gasteiger partial charge in [0.1, 0.15) is 11.5 Å². The average molecular weight is 267 g/mol. The molecule has 0 atom stereocenters. The van der Waals surface area contributed by atoms with Gasteiger partial charge in [0.25, 0.3) is 0 Å². The Labute approximate surface area is 118 Å². The van der Waals surface area contributed by atoms with Crippen LogP contribution >= 0.6 is 0 Å². The maximum atomic E-state index is 11.6. The van der Waals surface area contributed by atoms with Crippen LogP contribution in [0.15, 0.2) is 48.5 Å². The maximum Gasteiger partial charge on any atom is 0.227 e. The molecule has 0 bridgehead atoms. The number of benzene rings is 2. The molecule has 1 aliphatic carbocycles. The lowest BCUT2D eigenvalue weighted by Crippen LogP contribution is -2.12. The molecule has 3 nitrogen and oxygen atoms in total. The molecule has 3 heteroatoms. The summed E-state index contributed by atoms with van der Waals surface area (Å²) >= 11 is 0. The summed E-state index contributed by atoms with van der Waals surface area (Å²) in [4.78, 5) is 11.6. The highest BCUT2D eigenvalue weighted by molar-refractivity contribution is 5.94. The molecule has 0 spiro atoms. The van der Waals surface area contributed by atoms with Crippen molar-refractivity contribution in [2.45, 2.75) is 19.8 Å². The van der Waals surface area contributed by atoms with Crippen LogP contribution < -0.4 is 10.1 Å². The lowest BCUT2D eigenvalue weighted by atomic mass is 10.2. The summed E-state index contributed by atoms with van der Waals surface area (Å²) in [7, 11) is 0. The first-order chi connectivity index (χ1) is 9.70. The van der Waals surface area contributed by atoms with Gasteiger partial charge in [0, 0.05) is 11.6 Å². The molecule has 1 fully saturated rings.